The summed E-state index contributed by atoms with van der Waals surface area (Å²) in [5.74, 6) is -1.09. The average molecular weight is 254 g/mol. The Balaban J connectivity index is 2.46. The van der Waals surface area contributed by atoms with E-state index in [9.17, 15) is 14.3 Å². The molecule has 0 radical (unpaired) electrons. The maximum Gasteiger partial charge on any atom is 0.248 e. The van der Waals surface area contributed by atoms with Crippen LogP contribution in [0, 0.1) is 5.82 Å². The van der Waals surface area contributed by atoms with E-state index in [1.54, 1.807) is 6.07 Å². The molecule has 0 saturated heterocycles. The van der Waals surface area contributed by atoms with Crippen molar-refractivity contribution in [2.75, 3.05) is 6.54 Å². The zero-order valence-corrected chi connectivity index (χ0v) is 10.4. The number of nitrogens with two attached hydrogens (primary N) is 1. The van der Waals surface area contributed by atoms with Gasteiger partial charge in [-0.15, -0.1) is 0 Å². The van der Waals surface area contributed by atoms with Gasteiger partial charge in [0, 0.05) is 17.7 Å². The van der Waals surface area contributed by atoms with Crippen molar-refractivity contribution in [3.8, 4) is 0 Å². The van der Waals surface area contributed by atoms with E-state index in [0.29, 0.717) is 31.5 Å². The zero-order chi connectivity index (χ0) is 13.5. The fourth-order valence-electron chi connectivity index (χ4n) is 1.54. The number of aliphatic hydroxyl groups is 1. The predicted molar refractivity (Wildman–Crippen MR) is 67.5 cm³/mol. The van der Waals surface area contributed by atoms with Gasteiger partial charge in [-0.2, -0.15) is 0 Å². The highest BCUT2D eigenvalue weighted by Crippen LogP contribution is 2.10. The van der Waals surface area contributed by atoms with Crippen LogP contribution in [0.3, 0.4) is 0 Å². The molecule has 18 heavy (non-hydrogen) atoms. The fraction of sp³-hybridized carbons (Fsp3) is 0.462. The molecule has 1 unspecified atom stereocenters. The van der Waals surface area contributed by atoms with E-state index < -0.39 is 11.7 Å². The minimum atomic E-state index is -0.639. The molecule has 0 aliphatic heterocycles. The van der Waals surface area contributed by atoms with Crippen molar-refractivity contribution in [1.29, 1.82) is 0 Å². The third-order valence-corrected chi connectivity index (χ3v) is 2.78. The van der Waals surface area contributed by atoms with Crippen LogP contribution in [0.5, 0.6) is 0 Å². The maximum atomic E-state index is 13.6. The first-order valence-corrected chi connectivity index (χ1v) is 6.01. The standard InChI is InChI=1S/C13H19FN2O2/c1-2-11(17)5-6-16-8-10-4-3-9(13(15)18)7-12(10)14/h3-4,7,11,16-17H,2,5-6,8H2,1H3,(H2,15,18). The lowest BCUT2D eigenvalue weighted by atomic mass is 10.1. The van der Waals surface area contributed by atoms with Crippen molar-refractivity contribution in [1.82, 2.24) is 5.32 Å². The zero-order valence-electron chi connectivity index (χ0n) is 10.4. The number of hydrogen-bond donors (Lipinski definition) is 3. The first-order valence-electron chi connectivity index (χ1n) is 6.01. The molecule has 0 spiro atoms. The van der Waals surface area contributed by atoms with Crippen LogP contribution in [0.25, 0.3) is 0 Å². The van der Waals surface area contributed by atoms with E-state index in [2.05, 4.69) is 5.32 Å². The Bertz CT molecular complexity index is 410. The summed E-state index contributed by atoms with van der Waals surface area (Å²) in [5, 5.41) is 12.4. The summed E-state index contributed by atoms with van der Waals surface area (Å²) < 4.78 is 13.6. The van der Waals surface area contributed by atoms with Gasteiger partial charge in [-0.3, -0.25) is 4.79 Å². The van der Waals surface area contributed by atoms with E-state index in [1.165, 1.54) is 6.07 Å². The van der Waals surface area contributed by atoms with Crippen molar-refractivity contribution in [3.05, 3.63) is 35.1 Å². The summed E-state index contributed by atoms with van der Waals surface area (Å²) >= 11 is 0. The first-order chi connectivity index (χ1) is 8.54. The molecule has 1 atom stereocenters. The molecule has 1 aromatic carbocycles. The molecule has 4 N–H and O–H groups in total. The first kappa shape index (κ1) is 14.6. The molecule has 0 saturated carbocycles. The van der Waals surface area contributed by atoms with Gasteiger partial charge < -0.3 is 16.2 Å². The van der Waals surface area contributed by atoms with Crippen LogP contribution < -0.4 is 11.1 Å². The number of rotatable bonds is 7. The van der Waals surface area contributed by atoms with Gasteiger partial charge in [-0.1, -0.05) is 13.0 Å². The van der Waals surface area contributed by atoms with Crippen molar-refractivity contribution >= 4 is 5.91 Å². The number of halogens is 1. The minimum Gasteiger partial charge on any atom is -0.393 e. The number of amides is 1. The average Bonchev–Trinajstić information content (AvgIpc) is 2.35. The van der Waals surface area contributed by atoms with Crippen LogP contribution >= 0.6 is 0 Å². The van der Waals surface area contributed by atoms with Gasteiger partial charge in [-0.25, -0.2) is 4.39 Å². The summed E-state index contributed by atoms with van der Waals surface area (Å²) in [5.41, 5.74) is 5.70. The molecule has 1 rings (SSSR count). The third-order valence-electron chi connectivity index (χ3n) is 2.78. The molecule has 0 bridgehead atoms. The van der Waals surface area contributed by atoms with E-state index in [0.717, 1.165) is 6.07 Å². The summed E-state index contributed by atoms with van der Waals surface area (Å²) in [7, 11) is 0. The number of carbonyl (C=O) groups is 1. The molecule has 0 aliphatic rings. The van der Waals surface area contributed by atoms with Gasteiger partial charge in [0.05, 0.1) is 6.10 Å². The van der Waals surface area contributed by atoms with Gasteiger partial charge in [0.25, 0.3) is 0 Å². The number of nitrogens with one attached hydrogen (secondary N) is 1. The fourth-order valence-corrected chi connectivity index (χ4v) is 1.54. The van der Waals surface area contributed by atoms with Crippen LogP contribution in [0.4, 0.5) is 4.39 Å². The van der Waals surface area contributed by atoms with Crippen LogP contribution in [0.15, 0.2) is 18.2 Å². The predicted octanol–water partition coefficient (Wildman–Crippen LogP) is 1.18. The van der Waals surface area contributed by atoms with E-state index in [-0.39, 0.29) is 11.7 Å². The van der Waals surface area contributed by atoms with Crippen molar-refractivity contribution in [2.45, 2.75) is 32.4 Å². The highest BCUT2D eigenvalue weighted by atomic mass is 19.1. The normalized spacial score (nSPS) is 12.4. The molecule has 5 heteroatoms. The van der Waals surface area contributed by atoms with Crippen LogP contribution in [0.2, 0.25) is 0 Å². The second-order valence-corrected chi connectivity index (χ2v) is 4.20. The molecular formula is C13H19FN2O2. The number of primary amides is 1. The van der Waals surface area contributed by atoms with Crippen LogP contribution in [-0.2, 0) is 6.54 Å². The lowest BCUT2D eigenvalue weighted by Crippen LogP contribution is -2.20. The Morgan fingerprint density at radius 1 is 1.56 bits per heavy atom. The van der Waals surface area contributed by atoms with E-state index in [4.69, 9.17) is 5.73 Å². The Labute approximate surface area is 106 Å². The number of aliphatic hydroxyl groups excluding tert-OH is 1. The van der Waals surface area contributed by atoms with E-state index >= 15 is 0 Å². The Morgan fingerprint density at radius 3 is 2.83 bits per heavy atom. The van der Waals surface area contributed by atoms with Gasteiger partial charge in [0.2, 0.25) is 5.91 Å². The SMILES string of the molecule is CCC(O)CCNCc1ccc(C(N)=O)cc1F. The summed E-state index contributed by atoms with van der Waals surface area (Å²) in [4.78, 5) is 10.8. The largest absolute Gasteiger partial charge is 0.393 e. The lowest BCUT2D eigenvalue weighted by molar-refractivity contribution is 0.1000. The molecular weight excluding hydrogens is 235 g/mol. The second-order valence-electron chi connectivity index (χ2n) is 4.20. The summed E-state index contributed by atoms with van der Waals surface area (Å²) in [6, 6.07) is 4.18. The topological polar surface area (TPSA) is 75.3 Å². The molecule has 0 heterocycles. The van der Waals surface area contributed by atoms with E-state index in [1.807, 2.05) is 6.92 Å². The van der Waals surface area contributed by atoms with Crippen molar-refractivity contribution < 1.29 is 14.3 Å². The van der Waals surface area contributed by atoms with Gasteiger partial charge in [0.1, 0.15) is 5.82 Å². The van der Waals surface area contributed by atoms with Crippen LogP contribution in [0.1, 0.15) is 35.7 Å². The maximum absolute atomic E-state index is 13.6. The molecule has 0 aromatic heterocycles. The molecule has 0 aliphatic carbocycles. The number of benzene rings is 1. The van der Waals surface area contributed by atoms with Crippen LogP contribution in [-0.4, -0.2) is 23.7 Å². The van der Waals surface area contributed by atoms with Crippen molar-refractivity contribution in [2.24, 2.45) is 5.73 Å². The second kappa shape index (κ2) is 7.08. The van der Waals surface area contributed by atoms with Gasteiger partial charge in [-0.05, 0) is 31.5 Å². The summed E-state index contributed by atoms with van der Waals surface area (Å²) in [6.45, 7) is 2.89. The molecule has 4 nitrogen and oxygen atoms in total. The molecule has 100 valence electrons. The highest BCUT2D eigenvalue weighted by molar-refractivity contribution is 5.92. The smallest absolute Gasteiger partial charge is 0.248 e. The lowest BCUT2D eigenvalue weighted by Gasteiger charge is -2.09. The third kappa shape index (κ3) is 4.43. The van der Waals surface area contributed by atoms with Gasteiger partial charge in [0.15, 0.2) is 0 Å². The monoisotopic (exact) mass is 254 g/mol. The minimum absolute atomic E-state index is 0.164. The Morgan fingerprint density at radius 2 is 2.28 bits per heavy atom. The Hall–Kier alpha value is -1.46. The molecule has 0 fully saturated rings. The number of hydrogen-bond acceptors (Lipinski definition) is 3. The molecule has 1 amide bonds. The van der Waals surface area contributed by atoms with Gasteiger partial charge >= 0.3 is 0 Å². The van der Waals surface area contributed by atoms with Crippen molar-refractivity contribution in [3.63, 3.8) is 0 Å². The number of carbonyl (C=O) groups excluding carboxylic acids is 1. The molecule has 1 aromatic rings. The quantitative estimate of drug-likeness (QED) is 0.639. The summed E-state index contributed by atoms with van der Waals surface area (Å²) in [6.07, 6.45) is 1.03. The Kier molecular flexibility index (Phi) is 5.74. The highest BCUT2D eigenvalue weighted by Gasteiger charge is 2.07.